The third-order valence-electron chi connectivity index (χ3n) is 5.92. The largest absolute Gasteiger partial charge is 0.494 e. The summed E-state index contributed by atoms with van der Waals surface area (Å²) in [6.07, 6.45) is 5.89. The highest BCUT2D eigenvalue weighted by molar-refractivity contribution is 5.82. The molecule has 1 aliphatic carbocycles. The maximum atomic E-state index is 12.6. The summed E-state index contributed by atoms with van der Waals surface area (Å²) in [5, 5.41) is 6.47. The van der Waals surface area contributed by atoms with E-state index in [-0.39, 0.29) is 17.2 Å². The Balaban J connectivity index is 1.34. The second-order valence-electron chi connectivity index (χ2n) is 7.98. The van der Waals surface area contributed by atoms with E-state index in [2.05, 4.69) is 22.5 Å². The molecule has 2 heterocycles. The van der Waals surface area contributed by atoms with Crippen LogP contribution in [0.4, 0.5) is 0 Å². The van der Waals surface area contributed by atoms with Gasteiger partial charge in [-0.15, -0.1) is 0 Å². The van der Waals surface area contributed by atoms with E-state index in [1.807, 2.05) is 36.4 Å². The number of aromatic nitrogens is 1. The smallest absolute Gasteiger partial charge is 0.224 e. The number of nitrogens with zero attached hydrogens (tertiary/aromatic N) is 1. The number of benzene rings is 1. The van der Waals surface area contributed by atoms with Crippen molar-refractivity contribution in [2.24, 2.45) is 11.3 Å². The normalized spacial score (nSPS) is 19.6. The van der Waals surface area contributed by atoms with Gasteiger partial charge in [0.1, 0.15) is 11.5 Å². The molecule has 1 aliphatic heterocycles. The zero-order valence-corrected chi connectivity index (χ0v) is 16.9. The van der Waals surface area contributed by atoms with Gasteiger partial charge in [0.2, 0.25) is 11.8 Å². The number of amides is 1. The van der Waals surface area contributed by atoms with Crippen LogP contribution in [0, 0.1) is 11.3 Å². The van der Waals surface area contributed by atoms with Crippen LogP contribution in [0.5, 0.6) is 17.4 Å². The minimum atomic E-state index is 0.152. The highest BCUT2D eigenvalue weighted by Gasteiger charge is 2.57. The molecule has 1 aromatic carbocycles. The number of piperidine rings is 1. The summed E-state index contributed by atoms with van der Waals surface area (Å²) in [5.41, 5.74) is 1.11. The summed E-state index contributed by atoms with van der Waals surface area (Å²) >= 11 is 0. The third kappa shape index (κ3) is 4.70. The second-order valence-corrected chi connectivity index (χ2v) is 7.98. The van der Waals surface area contributed by atoms with Gasteiger partial charge in [-0.25, -0.2) is 4.98 Å². The lowest BCUT2D eigenvalue weighted by molar-refractivity contribution is -0.123. The molecule has 0 bridgehead atoms. The maximum absolute atomic E-state index is 12.6. The van der Waals surface area contributed by atoms with Crippen molar-refractivity contribution in [2.45, 2.75) is 39.2 Å². The van der Waals surface area contributed by atoms with E-state index in [1.54, 1.807) is 6.20 Å². The minimum absolute atomic E-state index is 0.152. The first-order valence-corrected chi connectivity index (χ1v) is 10.5. The first-order chi connectivity index (χ1) is 14.2. The first kappa shape index (κ1) is 19.7. The van der Waals surface area contributed by atoms with Gasteiger partial charge >= 0.3 is 0 Å². The van der Waals surface area contributed by atoms with Crippen LogP contribution >= 0.6 is 0 Å². The quantitative estimate of drug-likeness (QED) is 0.714. The number of ether oxygens (including phenoxy) is 2. The van der Waals surface area contributed by atoms with Gasteiger partial charge in [-0.3, -0.25) is 4.79 Å². The van der Waals surface area contributed by atoms with Gasteiger partial charge in [-0.1, -0.05) is 13.0 Å². The average Bonchev–Trinajstić information content (AvgIpc) is 3.45. The van der Waals surface area contributed by atoms with Crippen LogP contribution in [0.1, 0.15) is 38.2 Å². The zero-order valence-electron chi connectivity index (χ0n) is 16.9. The highest BCUT2D eigenvalue weighted by atomic mass is 16.5. The fourth-order valence-corrected chi connectivity index (χ4v) is 4.09. The van der Waals surface area contributed by atoms with E-state index in [9.17, 15) is 4.79 Å². The first-order valence-electron chi connectivity index (χ1n) is 10.5. The molecule has 6 heteroatoms. The van der Waals surface area contributed by atoms with E-state index in [0.717, 1.165) is 50.1 Å². The van der Waals surface area contributed by atoms with Crippen molar-refractivity contribution >= 4 is 5.91 Å². The van der Waals surface area contributed by atoms with E-state index in [4.69, 9.17) is 9.47 Å². The molecule has 0 radical (unpaired) electrons. The van der Waals surface area contributed by atoms with E-state index >= 15 is 0 Å². The maximum Gasteiger partial charge on any atom is 0.224 e. The monoisotopic (exact) mass is 395 g/mol. The summed E-state index contributed by atoms with van der Waals surface area (Å²) in [6, 6.07) is 11.3. The molecular formula is C23H29N3O3. The summed E-state index contributed by atoms with van der Waals surface area (Å²) in [4.78, 5) is 17.0. The van der Waals surface area contributed by atoms with Crippen molar-refractivity contribution in [3.05, 3.63) is 48.2 Å². The summed E-state index contributed by atoms with van der Waals surface area (Å²) in [6.45, 7) is 5.24. The van der Waals surface area contributed by atoms with Crippen LogP contribution in [0.15, 0.2) is 42.6 Å². The number of rotatable bonds is 8. The Morgan fingerprint density at radius 1 is 1.21 bits per heavy atom. The number of carbonyl (C=O) groups is 1. The molecule has 1 amide bonds. The van der Waals surface area contributed by atoms with Gasteiger partial charge < -0.3 is 20.1 Å². The summed E-state index contributed by atoms with van der Waals surface area (Å²) in [5.74, 6) is 2.34. The summed E-state index contributed by atoms with van der Waals surface area (Å²) < 4.78 is 11.6. The molecule has 4 rings (SSSR count). The highest BCUT2D eigenvalue weighted by Crippen LogP contribution is 2.58. The van der Waals surface area contributed by atoms with Gasteiger partial charge in [-0.2, -0.15) is 0 Å². The molecule has 6 nitrogen and oxygen atoms in total. The minimum Gasteiger partial charge on any atom is -0.494 e. The predicted octanol–water partition coefficient (Wildman–Crippen LogP) is 3.67. The van der Waals surface area contributed by atoms with Crippen molar-refractivity contribution < 1.29 is 14.3 Å². The molecule has 154 valence electrons. The number of hydrogen-bond donors (Lipinski definition) is 2. The van der Waals surface area contributed by atoms with Crippen LogP contribution in [0.25, 0.3) is 0 Å². The molecule has 1 spiro atoms. The molecule has 1 saturated heterocycles. The Morgan fingerprint density at radius 2 is 1.97 bits per heavy atom. The number of pyridine rings is 1. The van der Waals surface area contributed by atoms with Crippen LogP contribution in [-0.4, -0.2) is 30.6 Å². The number of carbonyl (C=O) groups excluding carboxylic acids is 1. The lowest BCUT2D eigenvalue weighted by atomic mass is 9.92. The Hall–Kier alpha value is -2.60. The Labute approximate surface area is 172 Å². The van der Waals surface area contributed by atoms with Crippen molar-refractivity contribution in [1.82, 2.24) is 15.6 Å². The Kier molecular flexibility index (Phi) is 6.00. The average molecular weight is 396 g/mol. The SMILES string of the molecule is CCCOc1ccc(Oc2ncccc2CNC(=O)C2CC23CCNCC3)cc1. The van der Waals surface area contributed by atoms with Gasteiger partial charge in [0, 0.05) is 24.2 Å². The molecular weight excluding hydrogens is 366 g/mol. The summed E-state index contributed by atoms with van der Waals surface area (Å²) in [7, 11) is 0. The molecule has 1 atom stereocenters. The predicted molar refractivity (Wildman–Crippen MR) is 111 cm³/mol. The lowest BCUT2D eigenvalue weighted by Gasteiger charge is -2.23. The van der Waals surface area contributed by atoms with Gasteiger partial charge in [0.25, 0.3) is 0 Å². The van der Waals surface area contributed by atoms with Crippen molar-refractivity contribution in [3.8, 4) is 17.4 Å². The Morgan fingerprint density at radius 3 is 2.72 bits per heavy atom. The molecule has 1 unspecified atom stereocenters. The standard InChI is InChI=1S/C23H29N3O3/c1-2-14-28-18-5-7-19(8-6-18)29-22-17(4-3-11-25-22)16-26-21(27)20-15-23(20)9-12-24-13-10-23/h3-8,11,20,24H,2,9-10,12-16H2,1H3,(H,26,27). The fraction of sp³-hybridized carbons (Fsp3) is 0.478. The van der Waals surface area contributed by atoms with Crippen molar-refractivity contribution in [1.29, 1.82) is 0 Å². The molecule has 2 fully saturated rings. The Bertz CT molecular complexity index is 832. The van der Waals surface area contributed by atoms with E-state index in [1.165, 1.54) is 0 Å². The van der Waals surface area contributed by atoms with Crippen LogP contribution in [0.2, 0.25) is 0 Å². The fourth-order valence-electron chi connectivity index (χ4n) is 4.09. The van der Waals surface area contributed by atoms with E-state index < -0.39 is 0 Å². The molecule has 1 saturated carbocycles. The zero-order chi connectivity index (χ0) is 20.1. The van der Waals surface area contributed by atoms with E-state index in [0.29, 0.717) is 24.8 Å². The molecule has 1 aromatic heterocycles. The van der Waals surface area contributed by atoms with Crippen LogP contribution < -0.4 is 20.1 Å². The third-order valence-corrected chi connectivity index (χ3v) is 5.92. The van der Waals surface area contributed by atoms with Crippen molar-refractivity contribution in [2.75, 3.05) is 19.7 Å². The second kappa shape index (κ2) is 8.82. The van der Waals surface area contributed by atoms with Gasteiger partial charge in [-0.05, 0) is 74.5 Å². The van der Waals surface area contributed by atoms with Gasteiger partial charge in [0.15, 0.2) is 0 Å². The topological polar surface area (TPSA) is 72.5 Å². The lowest BCUT2D eigenvalue weighted by Crippen LogP contribution is -2.33. The van der Waals surface area contributed by atoms with Crippen LogP contribution in [0.3, 0.4) is 0 Å². The van der Waals surface area contributed by atoms with Crippen molar-refractivity contribution in [3.63, 3.8) is 0 Å². The van der Waals surface area contributed by atoms with Crippen LogP contribution in [-0.2, 0) is 11.3 Å². The molecule has 29 heavy (non-hydrogen) atoms. The molecule has 2 aromatic rings. The molecule has 2 aliphatic rings. The number of nitrogens with one attached hydrogen (secondary N) is 2. The molecule has 2 N–H and O–H groups in total. The van der Waals surface area contributed by atoms with Gasteiger partial charge in [0.05, 0.1) is 6.61 Å². The number of hydrogen-bond acceptors (Lipinski definition) is 5.